The smallest absolute Gasteiger partial charge is 0.159 e. The molecular formula is C15H14F2OS. The largest absolute Gasteiger partial charge is 0.388 e. The van der Waals surface area contributed by atoms with E-state index in [2.05, 4.69) is 0 Å². The molecule has 4 heteroatoms. The highest BCUT2D eigenvalue weighted by Gasteiger charge is 2.28. The standard InChI is InChI=1S/C15H14F2OS/c16-12-5-4-9(8-13(12)17)15(18)11-2-1-3-14-10(11)6-7-19-14/h4-8,11,15,18H,1-3H2. The maximum atomic E-state index is 13.3. The van der Waals surface area contributed by atoms with Gasteiger partial charge in [0.2, 0.25) is 0 Å². The van der Waals surface area contributed by atoms with Gasteiger partial charge in [0.25, 0.3) is 0 Å². The summed E-state index contributed by atoms with van der Waals surface area (Å²) in [6.07, 6.45) is 2.18. The average Bonchev–Trinajstić information content (AvgIpc) is 2.89. The maximum Gasteiger partial charge on any atom is 0.159 e. The number of benzene rings is 1. The van der Waals surface area contributed by atoms with Crippen molar-refractivity contribution < 1.29 is 13.9 Å². The summed E-state index contributed by atoms with van der Waals surface area (Å²) in [5.41, 5.74) is 1.61. The van der Waals surface area contributed by atoms with Crippen LogP contribution in [0.15, 0.2) is 29.6 Å². The molecule has 0 aliphatic heterocycles. The molecule has 0 spiro atoms. The Morgan fingerprint density at radius 2 is 2.05 bits per heavy atom. The molecule has 3 rings (SSSR count). The first-order valence-electron chi connectivity index (χ1n) is 6.36. The summed E-state index contributed by atoms with van der Waals surface area (Å²) in [5, 5.41) is 12.5. The SMILES string of the molecule is OC(c1ccc(F)c(F)c1)C1CCCc2sccc21. The molecule has 1 aromatic carbocycles. The van der Waals surface area contributed by atoms with E-state index in [0.29, 0.717) is 5.56 Å². The molecule has 0 fully saturated rings. The molecule has 1 heterocycles. The lowest BCUT2D eigenvalue weighted by atomic mass is 9.81. The van der Waals surface area contributed by atoms with Crippen molar-refractivity contribution in [2.45, 2.75) is 31.3 Å². The summed E-state index contributed by atoms with van der Waals surface area (Å²) >= 11 is 1.70. The Balaban J connectivity index is 1.93. The molecular weight excluding hydrogens is 266 g/mol. The third kappa shape index (κ3) is 2.30. The van der Waals surface area contributed by atoms with Crippen LogP contribution >= 0.6 is 11.3 Å². The van der Waals surface area contributed by atoms with Crippen LogP contribution in [0.5, 0.6) is 0 Å². The van der Waals surface area contributed by atoms with Gasteiger partial charge in [-0.05, 0) is 54.0 Å². The molecule has 0 bridgehead atoms. The summed E-state index contributed by atoms with van der Waals surface area (Å²) in [6, 6.07) is 5.67. The first-order chi connectivity index (χ1) is 9.16. The third-order valence-electron chi connectivity index (χ3n) is 3.76. The Hall–Kier alpha value is -1.26. The van der Waals surface area contributed by atoms with E-state index in [1.807, 2.05) is 11.4 Å². The van der Waals surface area contributed by atoms with E-state index in [1.54, 1.807) is 11.3 Å². The van der Waals surface area contributed by atoms with Gasteiger partial charge in [0.15, 0.2) is 11.6 Å². The zero-order chi connectivity index (χ0) is 13.4. The molecule has 2 atom stereocenters. The molecule has 0 saturated carbocycles. The number of aliphatic hydroxyl groups excluding tert-OH is 1. The Bertz CT molecular complexity index is 594. The summed E-state index contributed by atoms with van der Waals surface area (Å²) in [6.45, 7) is 0. The molecule has 2 aromatic rings. The fourth-order valence-corrected chi connectivity index (χ4v) is 3.78. The molecule has 19 heavy (non-hydrogen) atoms. The second kappa shape index (κ2) is 5.02. The van der Waals surface area contributed by atoms with Crippen molar-refractivity contribution in [3.05, 3.63) is 57.3 Å². The molecule has 0 saturated heterocycles. The van der Waals surface area contributed by atoms with Crippen molar-refractivity contribution in [3.8, 4) is 0 Å². The van der Waals surface area contributed by atoms with Gasteiger partial charge in [-0.15, -0.1) is 11.3 Å². The second-order valence-electron chi connectivity index (χ2n) is 4.92. The zero-order valence-electron chi connectivity index (χ0n) is 10.3. The quantitative estimate of drug-likeness (QED) is 0.875. The van der Waals surface area contributed by atoms with E-state index in [4.69, 9.17) is 0 Å². The monoisotopic (exact) mass is 280 g/mol. The van der Waals surface area contributed by atoms with Gasteiger partial charge in [-0.25, -0.2) is 8.78 Å². The zero-order valence-corrected chi connectivity index (χ0v) is 11.1. The van der Waals surface area contributed by atoms with Crippen LogP contribution in [0.25, 0.3) is 0 Å². The van der Waals surface area contributed by atoms with Crippen LogP contribution in [-0.2, 0) is 6.42 Å². The summed E-state index contributed by atoms with van der Waals surface area (Å²) < 4.78 is 26.2. The molecule has 1 aliphatic carbocycles. The minimum absolute atomic E-state index is 0.0140. The van der Waals surface area contributed by atoms with Crippen LogP contribution in [0.2, 0.25) is 0 Å². The van der Waals surface area contributed by atoms with Gasteiger partial charge in [0, 0.05) is 10.8 Å². The van der Waals surface area contributed by atoms with Gasteiger partial charge in [-0.2, -0.15) is 0 Å². The fourth-order valence-electron chi connectivity index (χ4n) is 2.78. The number of hydrogen-bond donors (Lipinski definition) is 1. The summed E-state index contributed by atoms with van der Waals surface area (Å²) in [5.74, 6) is -1.80. The highest BCUT2D eigenvalue weighted by molar-refractivity contribution is 7.10. The van der Waals surface area contributed by atoms with Gasteiger partial charge in [-0.1, -0.05) is 6.07 Å². The predicted octanol–water partition coefficient (Wildman–Crippen LogP) is 4.18. The van der Waals surface area contributed by atoms with E-state index < -0.39 is 17.7 Å². The molecule has 1 aromatic heterocycles. The first-order valence-corrected chi connectivity index (χ1v) is 7.24. The third-order valence-corrected chi connectivity index (χ3v) is 4.76. The van der Waals surface area contributed by atoms with Crippen LogP contribution in [0.1, 0.15) is 40.9 Å². The van der Waals surface area contributed by atoms with Crippen molar-refractivity contribution in [1.29, 1.82) is 0 Å². The Labute approximate surface area is 114 Å². The molecule has 2 unspecified atom stereocenters. The van der Waals surface area contributed by atoms with Crippen molar-refractivity contribution in [1.82, 2.24) is 0 Å². The van der Waals surface area contributed by atoms with Crippen LogP contribution in [-0.4, -0.2) is 5.11 Å². The van der Waals surface area contributed by atoms with Crippen LogP contribution in [0, 0.1) is 11.6 Å². The van der Waals surface area contributed by atoms with Gasteiger partial charge >= 0.3 is 0 Å². The van der Waals surface area contributed by atoms with E-state index in [0.717, 1.165) is 37.0 Å². The molecule has 1 N–H and O–H groups in total. The second-order valence-corrected chi connectivity index (χ2v) is 5.92. The number of thiophene rings is 1. The highest BCUT2D eigenvalue weighted by atomic mass is 32.1. The lowest BCUT2D eigenvalue weighted by Crippen LogP contribution is -2.15. The predicted molar refractivity (Wildman–Crippen MR) is 71.3 cm³/mol. The van der Waals surface area contributed by atoms with E-state index in [9.17, 15) is 13.9 Å². The normalized spacial score (nSPS) is 20.1. The number of hydrogen-bond acceptors (Lipinski definition) is 2. The van der Waals surface area contributed by atoms with E-state index in [1.165, 1.54) is 10.9 Å². The van der Waals surface area contributed by atoms with Crippen molar-refractivity contribution >= 4 is 11.3 Å². The summed E-state index contributed by atoms with van der Waals surface area (Å²) in [4.78, 5) is 1.30. The molecule has 0 amide bonds. The van der Waals surface area contributed by atoms with Crippen molar-refractivity contribution in [2.24, 2.45) is 0 Å². The summed E-state index contributed by atoms with van der Waals surface area (Å²) in [7, 11) is 0. The Morgan fingerprint density at radius 1 is 1.21 bits per heavy atom. The van der Waals surface area contributed by atoms with E-state index >= 15 is 0 Å². The number of aryl methyl sites for hydroxylation is 1. The minimum Gasteiger partial charge on any atom is -0.388 e. The lowest BCUT2D eigenvalue weighted by Gasteiger charge is -2.27. The molecule has 1 nitrogen and oxygen atoms in total. The average molecular weight is 280 g/mol. The number of fused-ring (bicyclic) bond motifs is 1. The fraction of sp³-hybridized carbons (Fsp3) is 0.333. The minimum atomic E-state index is -0.905. The Morgan fingerprint density at radius 3 is 2.84 bits per heavy atom. The topological polar surface area (TPSA) is 20.2 Å². The maximum absolute atomic E-state index is 13.3. The lowest BCUT2D eigenvalue weighted by molar-refractivity contribution is 0.136. The van der Waals surface area contributed by atoms with Crippen LogP contribution < -0.4 is 0 Å². The number of aliphatic hydroxyl groups is 1. The molecule has 1 aliphatic rings. The van der Waals surface area contributed by atoms with Crippen molar-refractivity contribution in [2.75, 3.05) is 0 Å². The van der Waals surface area contributed by atoms with Crippen LogP contribution in [0.4, 0.5) is 8.78 Å². The molecule has 100 valence electrons. The van der Waals surface area contributed by atoms with E-state index in [-0.39, 0.29) is 5.92 Å². The van der Waals surface area contributed by atoms with Gasteiger partial charge in [0.1, 0.15) is 0 Å². The highest BCUT2D eigenvalue weighted by Crippen LogP contribution is 2.42. The first kappa shape index (κ1) is 12.8. The van der Waals surface area contributed by atoms with Crippen LogP contribution in [0.3, 0.4) is 0 Å². The van der Waals surface area contributed by atoms with Gasteiger partial charge in [0.05, 0.1) is 6.10 Å². The Kier molecular flexibility index (Phi) is 3.37. The van der Waals surface area contributed by atoms with Gasteiger partial charge < -0.3 is 5.11 Å². The van der Waals surface area contributed by atoms with Crippen molar-refractivity contribution in [3.63, 3.8) is 0 Å². The van der Waals surface area contributed by atoms with Gasteiger partial charge in [-0.3, -0.25) is 0 Å². The molecule has 0 radical (unpaired) electrons. The number of halogens is 2. The number of rotatable bonds is 2.